The zero-order valence-corrected chi connectivity index (χ0v) is 12.5. The predicted molar refractivity (Wildman–Crippen MR) is 78.8 cm³/mol. The molecule has 0 aromatic rings. The number of carbonyl (C=O) groups excluding carboxylic acids is 1. The third kappa shape index (κ3) is 3.95. The average Bonchev–Trinajstić information content (AvgIpc) is 2.39. The largest absolute Gasteiger partial charge is 0.351 e. The smallest absolute Gasteiger partial charge is 0.221 e. The Balaban J connectivity index is 1.88. The van der Waals surface area contributed by atoms with Crippen molar-refractivity contribution in [1.82, 2.24) is 5.32 Å². The number of amides is 1. The molecule has 2 rings (SSSR count). The van der Waals surface area contributed by atoms with E-state index in [1.54, 1.807) is 0 Å². The van der Waals surface area contributed by atoms with Crippen molar-refractivity contribution in [3.63, 3.8) is 0 Å². The van der Waals surface area contributed by atoms with Crippen LogP contribution < -0.4 is 11.1 Å². The van der Waals surface area contributed by atoms with E-state index in [1.165, 1.54) is 38.5 Å². The molecule has 2 fully saturated rings. The van der Waals surface area contributed by atoms with Gasteiger partial charge in [0.25, 0.3) is 0 Å². The van der Waals surface area contributed by atoms with Crippen molar-refractivity contribution in [2.24, 2.45) is 11.1 Å². The van der Waals surface area contributed by atoms with Gasteiger partial charge in [-0.15, -0.1) is 0 Å². The number of rotatable bonds is 4. The first-order valence-corrected chi connectivity index (χ1v) is 8.09. The molecule has 3 nitrogen and oxygen atoms in total. The molecule has 1 amide bonds. The maximum absolute atomic E-state index is 12.4. The highest BCUT2D eigenvalue weighted by Crippen LogP contribution is 2.38. The van der Waals surface area contributed by atoms with Gasteiger partial charge in [-0.25, -0.2) is 0 Å². The van der Waals surface area contributed by atoms with Gasteiger partial charge in [0.1, 0.15) is 0 Å². The first-order chi connectivity index (χ1) is 9.08. The molecule has 110 valence electrons. The molecule has 0 radical (unpaired) electrons. The lowest BCUT2D eigenvalue weighted by atomic mass is 9.71. The summed E-state index contributed by atoms with van der Waals surface area (Å²) in [6.45, 7) is 2.87. The molecular weight excluding hydrogens is 236 g/mol. The van der Waals surface area contributed by atoms with Gasteiger partial charge < -0.3 is 11.1 Å². The molecule has 2 aliphatic rings. The van der Waals surface area contributed by atoms with Gasteiger partial charge in [0, 0.05) is 12.0 Å². The van der Waals surface area contributed by atoms with Crippen molar-refractivity contribution >= 4 is 5.91 Å². The molecular formula is C16H30N2O. The lowest BCUT2D eigenvalue weighted by molar-refractivity contribution is -0.126. The zero-order valence-electron chi connectivity index (χ0n) is 12.5. The maximum Gasteiger partial charge on any atom is 0.221 e. The molecule has 0 bridgehead atoms. The van der Waals surface area contributed by atoms with Crippen LogP contribution in [-0.2, 0) is 4.79 Å². The minimum Gasteiger partial charge on any atom is -0.351 e. The van der Waals surface area contributed by atoms with E-state index >= 15 is 0 Å². The molecule has 0 spiro atoms. The minimum absolute atomic E-state index is 0.0415. The van der Waals surface area contributed by atoms with Gasteiger partial charge >= 0.3 is 0 Å². The summed E-state index contributed by atoms with van der Waals surface area (Å²) in [6, 6.07) is 0. The van der Waals surface area contributed by atoms with E-state index in [2.05, 4.69) is 12.2 Å². The second kappa shape index (κ2) is 6.25. The van der Waals surface area contributed by atoms with Crippen LogP contribution in [0.2, 0.25) is 0 Å². The molecule has 0 saturated heterocycles. The van der Waals surface area contributed by atoms with Gasteiger partial charge in [-0.2, -0.15) is 0 Å². The molecule has 0 aromatic heterocycles. The van der Waals surface area contributed by atoms with Crippen LogP contribution in [0.15, 0.2) is 0 Å². The number of hydrogen-bond acceptors (Lipinski definition) is 2. The van der Waals surface area contributed by atoms with Crippen LogP contribution in [-0.4, -0.2) is 18.0 Å². The molecule has 0 aromatic carbocycles. The lowest BCUT2D eigenvalue weighted by Gasteiger charge is -2.39. The molecule has 0 heterocycles. The summed E-state index contributed by atoms with van der Waals surface area (Å²) in [5, 5.41) is 3.31. The molecule has 0 unspecified atom stereocenters. The topological polar surface area (TPSA) is 55.1 Å². The molecule has 2 saturated carbocycles. The second-order valence-corrected chi connectivity index (χ2v) is 7.11. The Kier molecular flexibility index (Phi) is 4.88. The molecule has 0 atom stereocenters. The van der Waals surface area contributed by atoms with Gasteiger partial charge in [0.15, 0.2) is 0 Å². The van der Waals surface area contributed by atoms with Crippen LogP contribution in [0.1, 0.15) is 77.6 Å². The first-order valence-electron chi connectivity index (χ1n) is 8.09. The number of nitrogens with two attached hydrogens (primary N) is 1. The number of hydrogen-bond donors (Lipinski definition) is 2. The van der Waals surface area contributed by atoms with Gasteiger partial charge in [0.05, 0.1) is 0 Å². The quantitative estimate of drug-likeness (QED) is 0.821. The van der Waals surface area contributed by atoms with E-state index in [4.69, 9.17) is 5.73 Å². The van der Waals surface area contributed by atoms with E-state index in [9.17, 15) is 4.79 Å². The van der Waals surface area contributed by atoms with Crippen LogP contribution in [0.3, 0.4) is 0 Å². The fraction of sp³-hybridized carbons (Fsp3) is 0.938. The average molecular weight is 266 g/mol. The van der Waals surface area contributed by atoms with Gasteiger partial charge in [0.2, 0.25) is 5.91 Å². The summed E-state index contributed by atoms with van der Waals surface area (Å²) in [7, 11) is 0. The number of nitrogens with one attached hydrogen (secondary N) is 1. The van der Waals surface area contributed by atoms with E-state index in [-0.39, 0.29) is 16.9 Å². The SMILES string of the molecule is CC1(NC(=O)CC2(CN)CCCCC2)CCCCC1. The van der Waals surface area contributed by atoms with Crippen LogP contribution in [0.4, 0.5) is 0 Å². The van der Waals surface area contributed by atoms with E-state index < -0.39 is 0 Å². The van der Waals surface area contributed by atoms with Gasteiger partial charge in [-0.1, -0.05) is 38.5 Å². The lowest BCUT2D eigenvalue weighted by Crippen LogP contribution is -2.49. The van der Waals surface area contributed by atoms with Crippen molar-refractivity contribution < 1.29 is 4.79 Å². The van der Waals surface area contributed by atoms with Crippen molar-refractivity contribution in [3.05, 3.63) is 0 Å². The first kappa shape index (κ1) is 14.8. The second-order valence-electron chi connectivity index (χ2n) is 7.11. The van der Waals surface area contributed by atoms with E-state index in [0.29, 0.717) is 13.0 Å². The van der Waals surface area contributed by atoms with Crippen molar-refractivity contribution in [1.29, 1.82) is 0 Å². The molecule has 2 aliphatic carbocycles. The van der Waals surface area contributed by atoms with Gasteiger partial charge in [-0.3, -0.25) is 4.79 Å². The highest BCUT2D eigenvalue weighted by molar-refractivity contribution is 5.77. The van der Waals surface area contributed by atoms with Crippen molar-refractivity contribution in [3.8, 4) is 0 Å². The summed E-state index contributed by atoms with van der Waals surface area (Å²) >= 11 is 0. The van der Waals surface area contributed by atoms with E-state index in [1.807, 2.05) is 0 Å². The Morgan fingerprint density at radius 2 is 1.53 bits per heavy atom. The number of carbonyl (C=O) groups is 1. The fourth-order valence-electron chi connectivity index (χ4n) is 3.93. The Hall–Kier alpha value is -0.570. The summed E-state index contributed by atoms with van der Waals surface area (Å²) in [5.74, 6) is 0.233. The fourth-order valence-corrected chi connectivity index (χ4v) is 3.93. The van der Waals surface area contributed by atoms with Crippen LogP contribution in [0, 0.1) is 5.41 Å². The van der Waals surface area contributed by atoms with Crippen LogP contribution in [0.5, 0.6) is 0 Å². The minimum atomic E-state index is 0.0415. The van der Waals surface area contributed by atoms with Crippen molar-refractivity contribution in [2.75, 3.05) is 6.54 Å². The monoisotopic (exact) mass is 266 g/mol. The van der Waals surface area contributed by atoms with Gasteiger partial charge in [-0.05, 0) is 44.6 Å². The molecule has 19 heavy (non-hydrogen) atoms. The van der Waals surface area contributed by atoms with Crippen LogP contribution >= 0.6 is 0 Å². The summed E-state index contributed by atoms with van der Waals surface area (Å²) in [4.78, 5) is 12.4. The Morgan fingerprint density at radius 3 is 2.05 bits per heavy atom. The Bertz CT molecular complexity index is 302. The summed E-state index contributed by atoms with van der Waals surface area (Å²) in [6.07, 6.45) is 12.8. The van der Waals surface area contributed by atoms with Crippen molar-refractivity contribution in [2.45, 2.75) is 83.1 Å². The highest BCUT2D eigenvalue weighted by Gasteiger charge is 2.35. The predicted octanol–water partition coefficient (Wildman–Crippen LogP) is 3.12. The highest BCUT2D eigenvalue weighted by atomic mass is 16.1. The summed E-state index contributed by atoms with van der Waals surface area (Å²) < 4.78 is 0. The zero-order chi connectivity index (χ0) is 13.8. The Morgan fingerprint density at radius 1 is 1.00 bits per heavy atom. The normalized spacial score (nSPS) is 25.8. The molecule has 0 aliphatic heterocycles. The Labute approximate surface area is 117 Å². The standard InChI is InChI=1S/C16H30N2O/c1-15(8-4-2-5-9-15)18-14(19)12-16(13-17)10-6-3-7-11-16/h2-13,17H2,1H3,(H,18,19). The molecule has 3 heteroatoms. The third-order valence-corrected chi connectivity index (χ3v) is 5.28. The molecule has 3 N–H and O–H groups in total. The summed E-state index contributed by atoms with van der Waals surface area (Å²) in [5.41, 5.74) is 6.10. The third-order valence-electron chi connectivity index (χ3n) is 5.28. The maximum atomic E-state index is 12.4. The van der Waals surface area contributed by atoms with Crippen LogP contribution in [0.25, 0.3) is 0 Å². The van der Waals surface area contributed by atoms with E-state index in [0.717, 1.165) is 25.7 Å².